The van der Waals surface area contributed by atoms with Crippen molar-refractivity contribution in [3.05, 3.63) is 70.0 Å². The minimum Gasteiger partial charge on any atom is -0.388 e. The number of halogens is 4. The van der Waals surface area contributed by atoms with Crippen LogP contribution in [0, 0.1) is 17.5 Å². The molecule has 2 unspecified atom stereocenters. The summed E-state index contributed by atoms with van der Waals surface area (Å²) in [5.74, 6) is -3.21. The van der Waals surface area contributed by atoms with Gasteiger partial charge in [0.2, 0.25) is 0 Å². The fourth-order valence-corrected chi connectivity index (χ4v) is 2.38. The maximum atomic E-state index is 13.9. The molecule has 112 valence electrons. The SMILES string of the molecule is NCC(c1cc(F)cc(F)c1)C(O)c1cccc(Cl)c1F. The molecule has 6 heteroatoms. The van der Waals surface area contributed by atoms with Gasteiger partial charge in [-0.2, -0.15) is 0 Å². The van der Waals surface area contributed by atoms with Crippen LogP contribution in [0.25, 0.3) is 0 Å². The van der Waals surface area contributed by atoms with Crippen molar-refractivity contribution in [2.75, 3.05) is 6.54 Å². The largest absolute Gasteiger partial charge is 0.388 e. The highest BCUT2D eigenvalue weighted by Gasteiger charge is 2.25. The van der Waals surface area contributed by atoms with E-state index in [2.05, 4.69) is 0 Å². The lowest BCUT2D eigenvalue weighted by Crippen LogP contribution is -2.21. The summed E-state index contributed by atoms with van der Waals surface area (Å²) in [6, 6.07) is 7.00. The van der Waals surface area contributed by atoms with Crippen LogP contribution in [0.15, 0.2) is 36.4 Å². The Bertz CT molecular complexity index is 631. The van der Waals surface area contributed by atoms with E-state index in [1.165, 1.54) is 18.2 Å². The molecule has 21 heavy (non-hydrogen) atoms. The Balaban J connectivity index is 2.43. The monoisotopic (exact) mass is 315 g/mol. The van der Waals surface area contributed by atoms with Crippen molar-refractivity contribution < 1.29 is 18.3 Å². The minimum absolute atomic E-state index is 0.0670. The summed E-state index contributed by atoms with van der Waals surface area (Å²) in [5, 5.41) is 10.2. The van der Waals surface area contributed by atoms with Gasteiger partial charge in [-0.3, -0.25) is 0 Å². The van der Waals surface area contributed by atoms with Crippen molar-refractivity contribution >= 4 is 11.6 Å². The number of aliphatic hydroxyl groups excluding tert-OH is 1. The van der Waals surface area contributed by atoms with Crippen LogP contribution in [0.2, 0.25) is 5.02 Å². The molecule has 0 aliphatic rings. The molecule has 0 heterocycles. The van der Waals surface area contributed by atoms with E-state index in [0.29, 0.717) is 6.07 Å². The van der Waals surface area contributed by atoms with E-state index in [0.717, 1.165) is 12.1 Å². The van der Waals surface area contributed by atoms with Crippen LogP contribution in [0.5, 0.6) is 0 Å². The third kappa shape index (κ3) is 3.37. The minimum atomic E-state index is -1.37. The van der Waals surface area contributed by atoms with E-state index in [1.54, 1.807) is 0 Å². The van der Waals surface area contributed by atoms with Crippen LogP contribution in [0.3, 0.4) is 0 Å². The van der Waals surface area contributed by atoms with E-state index in [-0.39, 0.29) is 22.7 Å². The summed E-state index contributed by atoms with van der Waals surface area (Å²) < 4.78 is 40.5. The van der Waals surface area contributed by atoms with Crippen LogP contribution in [0.1, 0.15) is 23.1 Å². The molecular weight excluding hydrogens is 303 g/mol. The molecule has 3 N–H and O–H groups in total. The van der Waals surface area contributed by atoms with Crippen molar-refractivity contribution in [2.45, 2.75) is 12.0 Å². The zero-order chi connectivity index (χ0) is 15.6. The lowest BCUT2D eigenvalue weighted by Gasteiger charge is -2.23. The van der Waals surface area contributed by atoms with E-state index >= 15 is 0 Å². The Morgan fingerprint density at radius 3 is 2.29 bits per heavy atom. The normalized spacial score (nSPS) is 14.0. The molecule has 0 saturated carbocycles. The third-order valence-electron chi connectivity index (χ3n) is 3.25. The van der Waals surface area contributed by atoms with Gasteiger partial charge < -0.3 is 10.8 Å². The summed E-state index contributed by atoms with van der Waals surface area (Å²) in [6.45, 7) is -0.115. The first kappa shape index (κ1) is 15.8. The summed E-state index contributed by atoms with van der Waals surface area (Å²) >= 11 is 5.66. The second-order valence-corrected chi connectivity index (χ2v) is 5.04. The molecule has 0 saturated heterocycles. The first-order valence-electron chi connectivity index (χ1n) is 6.22. The molecule has 2 aromatic rings. The van der Waals surface area contributed by atoms with Crippen LogP contribution in [0.4, 0.5) is 13.2 Å². The molecule has 2 atom stereocenters. The fourth-order valence-electron chi connectivity index (χ4n) is 2.20. The zero-order valence-corrected chi connectivity index (χ0v) is 11.6. The standard InChI is InChI=1S/C15H13ClF3NO/c16-13-3-1-2-11(14(13)19)15(21)12(7-20)8-4-9(17)6-10(18)5-8/h1-6,12,15,21H,7,20H2. The topological polar surface area (TPSA) is 46.2 Å². The number of nitrogens with two attached hydrogens (primary N) is 1. The lowest BCUT2D eigenvalue weighted by molar-refractivity contribution is 0.143. The Morgan fingerprint density at radius 2 is 1.71 bits per heavy atom. The van der Waals surface area contributed by atoms with Crippen LogP contribution in [-0.2, 0) is 0 Å². The van der Waals surface area contributed by atoms with Gasteiger partial charge >= 0.3 is 0 Å². The highest BCUT2D eigenvalue weighted by molar-refractivity contribution is 6.30. The zero-order valence-electron chi connectivity index (χ0n) is 10.9. The second-order valence-electron chi connectivity index (χ2n) is 4.63. The van der Waals surface area contributed by atoms with Gasteiger partial charge in [0.15, 0.2) is 0 Å². The van der Waals surface area contributed by atoms with Crippen molar-refractivity contribution in [3.63, 3.8) is 0 Å². The molecule has 0 aliphatic carbocycles. The van der Waals surface area contributed by atoms with E-state index in [1.807, 2.05) is 0 Å². The van der Waals surface area contributed by atoms with Gasteiger partial charge in [-0.1, -0.05) is 23.7 Å². The molecule has 0 radical (unpaired) electrons. The van der Waals surface area contributed by atoms with Gasteiger partial charge in [-0.25, -0.2) is 13.2 Å². The van der Waals surface area contributed by atoms with Gasteiger partial charge in [0.1, 0.15) is 17.5 Å². The molecule has 0 aliphatic heterocycles. The number of hydrogen-bond acceptors (Lipinski definition) is 2. The molecule has 0 spiro atoms. The summed E-state index contributed by atoms with van der Waals surface area (Å²) in [5.41, 5.74) is 5.66. The molecule has 2 nitrogen and oxygen atoms in total. The first-order valence-corrected chi connectivity index (χ1v) is 6.60. The summed E-state index contributed by atoms with van der Waals surface area (Å²) in [6.07, 6.45) is -1.37. The van der Waals surface area contributed by atoms with E-state index in [4.69, 9.17) is 17.3 Å². The molecule has 0 fully saturated rings. The Hall–Kier alpha value is -1.56. The highest BCUT2D eigenvalue weighted by Crippen LogP contribution is 2.34. The van der Waals surface area contributed by atoms with Gasteiger partial charge in [-0.05, 0) is 23.8 Å². The van der Waals surface area contributed by atoms with Gasteiger partial charge in [0.05, 0.1) is 11.1 Å². The van der Waals surface area contributed by atoms with E-state index in [9.17, 15) is 18.3 Å². The molecule has 0 amide bonds. The van der Waals surface area contributed by atoms with Crippen molar-refractivity contribution in [2.24, 2.45) is 5.73 Å². The average molecular weight is 316 g/mol. The Morgan fingerprint density at radius 1 is 1.10 bits per heavy atom. The molecule has 0 bridgehead atoms. The summed E-state index contributed by atoms with van der Waals surface area (Å²) in [4.78, 5) is 0. The van der Waals surface area contributed by atoms with Crippen molar-refractivity contribution in [1.29, 1.82) is 0 Å². The number of aliphatic hydroxyl groups is 1. The number of hydrogen-bond donors (Lipinski definition) is 2. The quantitative estimate of drug-likeness (QED) is 0.906. The van der Waals surface area contributed by atoms with Gasteiger partial charge in [0, 0.05) is 24.1 Å². The molecule has 2 aromatic carbocycles. The Kier molecular flexibility index (Phi) is 4.88. The predicted octanol–water partition coefficient (Wildman–Crippen LogP) is 3.53. The van der Waals surface area contributed by atoms with Crippen molar-refractivity contribution in [1.82, 2.24) is 0 Å². The van der Waals surface area contributed by atoms with Gasteiger partial charge in [0.25, 0.3) is 0 Å². The molecule has 0 aromatic heterocycles. The Labute approximate surface area is 125 Å². The van der Waals surface area contributed by atoms with Gasteiger partial charge in [-0.15, -0.1) is 0 Å². The maximum Gasteiger partial charge on any atom is 0.147 e. The fraction of sp³-hybridized carbons (Fsp3) is 0.200. The average Bonchev–Trinajstić information content (AvgIpc) is 2.41. The molecule has 2 rings (SSSR count). The third-order valence-corrected chi connectivity index (χ3v) is 3.54. The van der Waals surface area contributed by atoms with Crippen molar-refractivity contribution in [3.8, 4) is 0 Å². The first-order chi connectivity index (χ1) is 9.93. The van der Waals surface area contributed by atoms with Crippen LogP contribution in [-0.4, -0.2) is 11.7 Å². The predicted molar refractivity (Wildman–Crippen MR) is 74.5 cm³/mol. The maximum absolute atomic E-state index is 13.9. The number of benzene rings is 2. The molecular formula is C15H13ClF3NO. The second kappa shape index (κ2) is 6.47. The van der Waals surface area contributed by atoms with E-state index < -0.39 is 29.5 Å². The van der Waals surface area contributed by atoms with Crippen LogP contribution < -0.4 is 5.73 Å². The summed E-state index contributed by atoms with van der Waals surface area (Å²) in [7, 11) is 0. The number of rotatable bonds is 4. The lowest BCUT2D eigenvalue weighted by atomic mass is 9.89. The van der Waals surface area contributed by atoms with Crippen LogP contribution >= 0.6 is 11.6 Å². The highest BCUT2D eigenvalue weighted by atomic mass is 35.5. The smallest absolute Gasteiger partial charge is 0.147 e.